The van der Waals surface area contributed by atoms with Crippen LogP contribution in [0.4, 0.5) is 0 Å². The molecule has 0 spiro atoms. The van der Waals surface area contributed by atoms with Gasteiger partial charge in [-0.2, -0.15) is 0 Å². The van der Waals surface area contributed by atoms with Gasteiger partial charge in [-0.05, 0) is 43.3 Å². The molecule has 3 aromatic rings. The fourth-order valence-corrected chi connectivity index (χ4v) is 2.03. The summed E-state index contributed by atoms with van der Waals surface area (Å²) in [5.74, 6) is 2.20. The predicted octanol–water partition coefficient (Wildman–Crippen LogP) is 4.24. The van der Waals surface area contributed by atoms with E-state index in [0.717, 1.165) is 22.8 Å². The average Bonchev–Trinajstić information content (AvgIpc) is 3.03. The zero-order valence-electron chi connectivity index (χ0n) is 12.6. The number of aromatic nitrogens is 1. The highest BCUT2D eigenvalue weighted by Crippen LogP contribution is 2.22. The molecule has 112 valence electrons. The number of hydrogen-bond donors (Lipinski definition) is 0. The van der Waals surface area contributed by atoms with Crippen LogP contribution < -0.4 is 9.47 Å². The molecule has 0 N–H and O–H groups in total. The second-order valence-electron chi connectivity index (χ2n) is 4.97. The summed E-state index contributed by atoms with van der Waals surface area (Å²) in [5, 5.41) is 0. The Morgan fingerprint density at radius 3 is 2.32 bits per heavy atom. The van der Waals surface area contributed by atoms with E-state index in [1.54, 1.807) is 13.4 Å². The SMILES string of the molecule is COc1ccc(-c2nc(COc3ccc(C)cc3)co2)cc1. The molecule has 22 heavy (non-hydrogen) atoms. The van der Waals surface area contributed by atoms with Gasteiger partial charge in [0.15, 0.2) is 0 Å². The molecule has 4 heteroatoms. The summed E-state index contributed by atoms with van der Waals surface area (Å²) in [5.41, 5.74) is 2.87. The van der Waals surface area contributed by atoms with Gasteiger partial charge in [0.2, 0.25) is 5.89 Å². The Kier molecular flexibility index (Phi) is 4.10. The van der Waals surface area contributed by atoms with E-state index in [-0.39, 0.29) is 0 Å². The summed E-state index contributed by atoms with van der Waals surface area (Å²) in [6.45, 7) is 2.42. The van der Waals surface area contributed by atoms with Crippen molar-refractivity contribution in [3.8, 4) is 23.0 Å². The first kappa shape index (κ1) is 14.2. The van der Waals surface area contributed by atoms with Crippen molar-refractivity contribution in [2.75, 3.05) is 7.11 Å². The molecular weight excluding hydrogens is 278 g/mol. The molecule has 3 rings (SSSR count). The molecule has 0 fully saturated rings. The third kappa shape index (κ3) is 3.28. The van der Waals surface area contributed by atoms with Crippen LogP contribution in [0.2, 0.25) is 0 Å². The number of methoxy groups -OCH3 is 1. The lowest BCUT2D eigenvalue weighted by Crippen LogP contribution is -1.95. The number of hydrogen-bond acceptors (Lipinski definition) is 4. The monoisotopic (exact) mass is 295 g/mol. The molecule has 0 bridgehead atoms. The molecule has 0 saturated heterocycles. The van der Waals surface area contributed by atoms with E-state index >= 15 is 0 Å². The van der Waals surface area contributed by atoms with E-state index in [0.29, 0.717) is 12.5 Å². The molecule has 0 unspecified atom stereocenters. The van der Waals surface area contributed by atoms with Gasteiger partial charge in [-0.1, -0.05) is 17.7 Å². The maximum Gasteiger partial charge on any atom is 0.226 e. The van der Waals surface area contributed by atoms with Gasteiger partial charge in [-0.25, -0.2) is 4.98 Å². The van der Waals surface area contributed by atoms with Crippen LogP contribution in [-0.4, -0.2) is 12.1 Å². The zero-order chi connectivity index (χ0) is 15.4. The molecule has 1 aromatic heterocycles. The first-order valence-electron chi connectivity index (χ1n) is 7.03. The number of ether oxygens (including phenoxy) is 2. The van der Waals surface area contributed by atoms with Crippen LogP contribution in [0.15, 0.2) is 59.2 Å². The van der Waals surface area contributed by atoms with Gasteiger partial charge in [0.05, 0.1) is 7.11 Å². The van der Waals surface area contributed by atoms with Crippen molar-refractivity contribution in [3.05, 3.63) is 66.1 Å². The van der Waals surface area contributed by atoms with Crippen molar-refractivity contribution in [2.24, 2.45) is 0 Å². The van der Waals surface area contributed by atoms with Crippen molar-refractivity contribution in [1.29, 1.82) is 0 Å². The molecule has 4 nitrogen and oxygen atoms in total. The van der Waals surface area contributed by atoms with Crippen LogP contribution in [0.1, 0.15) is 11.3 Å². The number of aryl methyl sites for hydroxylation is 1. The minimum atomic E-state index is 0.378. The zero-order valence-corrected chi connectivity index (χ0v) is 12.6. The van der Waals surface area contributed by atoms with Gasteiger partial charge in [-0.3, -0.25) is 0 Å². The lowest BCUT2D eigenvalue weighted by Gasteiger charge is -2.03. The van der Waals surface area contributed by atoms with Gasteiger partial charge in [0.25, 0.3) is 0 Å². The van der Waals surface area contributed by atoms with E-state index in [9.17, 15) is 0 Å². The van der Waals surface area contributed by atoms with Crippen molar-refractivity contribution in [2.45, 2.75) is 13.5 Å². The number of rotatable bonds is 5. The van der Waals surface area contributed by atoms with Crippen molar-refractivity contribution >= 4 is 0 Å². The Bertz CT molecular complexity index is 730. The standard InChI is InChI=1S/C18H17NO3/c1-13-3-7-17(8-4-13)21-11-15-12-22-18(19-15)14-5-9-16(20-2)10-6-14/h3-10,12H,11H2,1-2H3. The quantitative estimate of drug-likeness (QED) is 0.706. The Hall–Kier alpha value is -2.75. The Morgan fingerprint density at radius 1 is 0.955 bits per heavy atom. The highest BCUT2D eigenvalue weighted by Gasteiger charge is 2.07. The minimum Gasteiger partial charge on any atom is -0.497 e. The van der Waals surface area contributed by atoms with E-state index in [1.165, 1.54) is 5.56 Å². The van der Waals surface area contributed by atoms with Crippen LogP contribution in [0.25, 0.3) is 11.5 Å². The third-order valence-corrected chi connectivity index (χ3v) is 3.30. The minimum absolute atomic E-state index is 0.378. The van der Waals surface area contributed by atoms with Crippen LogP contribution >= 0.6 is 0 Å². The molecule has 0 amide bonds. The summed E-state index contributed by atoms with van der Waals surface area (Å²) in [6, 6.07) is 15.5. The number of nitrogens with zero attached hydrogens (tertiary/aromatic N) is 1. The van der Waals surface area contributed by atoms with E-state index in [1.807, 2.05) is 55.5 Å². The molecule has 0 saturated carbocycles. The van der Waals surface area contributed by atoms with E-state index in [2.05, 4.69) is 4.98 Å². The lowest BCUT2D eigenvalue weighted by atomic mass is 10.2. The lowest BCUT2D eigenvalue weighted by molar-refractivity contribution is 0.301. The fraction of sp³-hybridized carbons (Fsp3) is 0.167. The van der Waals surface area contributed by atoms with Gasteiger partial charge in [0.1, 0.15) is 30.1 Å². The molecule has 0 aliphatic heterocycles. The van der Waals surface area contributed by atoms with E-state index in [4.69, 9.17) is 13.9 Å². The van der Waals surface area contributed by atoms with Gasteiger partial charge in [0, 0.05) is 5.56 Å². The van der Waals surface area contributed by atoms with Crippen molar-refractivity contribution in [1.82, 2.24) is 4.98 Å². The molecular formula is C18H17NO3. The second-order valence-corrected chi connectivity index (χ2v) is 4.97. The smallest absolute Gasteiger partial charge is 0.226 e. The summed E-state index contributed by atoms with van der Waals surface area (Å²) < 4.78 is 16.3. The van der Waals surface area contributed by atoms with E-state index < -0.39 is 0 Å². The highest BCUT2D eigenvalue weighted by atomic mass is 16.5. The Labute approximate surface area is 129 Å². The van der Waals surface area contributed by atoms with Crippen LogP contribution in [0.5, 0.6) is 11.5 Å². The molecule has 0 radical (unpaired) electrons. The van der Waals surface area contributed by atoms with Gasteiger partial charge in [-0.15, -0.1) is 0 Å². The maximum atomic E-state index is 5.69. The van der Waals surface area contributed by atoms with Crippen LogP contribution in [0.3, 0.4) is 0 Å². The van der Waals surface area contributed by atoms with Crippen LogP contribution in [0, 0.1) is 6.92 Å². The summed E-state index contributed by atoms with van der Waals surface area (Å²) in [7, 11) is 1.64. The van der Waals surface area contributed by atoms with Crippen molar-refractivity contribution < 1.29 is 13.9 Å². The number of oxazole rings is 1. The Morgan fingerprint density at radius 2 is 1.64 bits per heavy atom. The summed E-state index contributed by atoms with van der Waals surface area (Å²) >= 11 is 0. The normalized spacial score (nSPS) is 10.5. The average molecular weight is 295 g/mol. The molecule has 1 heterocycles. The molecule has 2 aromatic carbocycles. The first-order chi connectivity index (χ1) is 10.7. The fourth-order valence-electron chi connectivity index (χ4n) is 2.03. The molecule has 0 atom stereocenters. The summed E-state index contributed by atoms with van der Waals surface area (Å²) in [6.07, 6.45) is 1.62. The second kappa shape index (κ2) is 6.35. The third-order valence-electron chi connectivity index (χ3n) is 3.30. The number of benzene rings is 2. The molecule has 0 aliphatic carbocycles. The molecule has 0 aliphatic rings. The Balaban J connectivity index is 1.66. The van der Waals surface area contributed by atoms with Crippen LogP contribution in [-0.2, 0) is 6.61 Å². The van der Waals surface area contributed by atoms with Gasteiger partial charge >= 0.3 is 0 Å². The topological polar surface area (TPSA) is 44.5 Å². The summed E-state index contributed by atoms with van der Waals surface area (Å²) in [4.78, 5) is 4.44. The maximum absolute atomic E-state index is 5.69. The largest absolute Gasteiger partial charge is 0.497 e. The first-order valence-corrected chi connectivity index (χ1v) is 7.03. The van der Waals surface area contributed by atoms with Crippen molar-refractivity contribution in [3.63, 3.8) is 0 Å². The predicted molar refractivity (Wildman–Crippen MR) is 84.0 cm³/mol. The highest BCUT2D eigenvalue weighted by molar-refractivity contribution is 5.54. The van der Waals surface area contributed by atoms with Gasteiger partial charge < -0.3 is 13.9 Å².